The monoisotopic (exact) mass is 472 g/mol. The number of carbonyl (C=O) groups is 2. The Hall–Kier alpha value is -3.41. The maximum atomic E-state index is 13.6. The molecule has 0 bridgehead atoms. The number of allylic oxidation sites excluding steroid dienone is 3. The molecule has 1 aliphatic heterocycles. The molecule has 6 heteroatoms. The van der Waals surface area contributed by atoms with Gasteiger partial charge in [0.25, 0.3) is 5.91 Å². The van der Waals surface area contributed by atoms with Crippen LogP contribution in [0.1, 0.15) is 64.5 Å². The Bertz CT molecular complexity index is 1190. The number of Topliss-reactive ketones (excluding diaryl/α,β-unsaturated/α-hetero) is 1. The van der Waals surface area contributed by atoms with Crippen LogP contribution < -0.4 is 15.5 Å². The van der Waals surface area contributed by atoms with Crippen LogP contribution in [-0.2, 0) is 9.59 Å². The van der Waals surface area contributed by atoms with Crippen molar-refractivity contribution < 1.29 is 9.59 Å². The number of hydrogen-bond donors (Lipinski definition) is 2. The second-order valence-electron chi connectivity index (χ2n) is 10.4. The fourth-order valence-corrected chi connectivity index (χ4v) is 5.26. The molecular formula is C29H36N4O2. The number of benzene rings is 1. The van der Waals surface area contributed by atoms with Crippen LogP contribution in [0, 0.1) is 12.3 Å². The van der Waals surface area contributed by atoms with E-state index in [1.807, 2.05) is 19.9 Å². The van der Waals surface area contributed by atoms with Crippen molar-refractivity contribution in [3.8, 4) is 0 Å². The van der Waals surface area contributed by atoms with Crippen molar-refractivity contribution in [1.82, 2.24) is 10.3 Å². The molecule has 1 atom stereocenters. The van der Waals surface area contributed by atoms with Crippen molar-refractivity contribution in [2.45, 2.75) is 60.3 Å². The number of dihydropyridines is 1. The minimum absolute atomic E-state index is 0.104. The molecule has 0 fully saturated rings. The SMILES string of the molecule is CCN(CC)c1ccc([C@H]2C(C(=O)Nc3ccc(C)cn3)=C(C)NC3=C2C(=O)CC(C)(C)C3)cc1. The number of anilines is 2. The molecule has 1 aromatic heterocycles. The maximum Gasteiger partial charge on any atom is 0.255 e. The molecule has 1 aliphatic carbocycles. The first kappa shape index (κ1) is 24.7. The molecule has 6 nitrogen and oxygen atoms in total. The summed E-state index contributed by atoms with van der Waals surface area (Å²) in [5.74, 6) is -0.0698. The number of pyridine rings is 1. The molecule has 1 aromatic carbocycles. The summed E-state index contributed by atoms with van der Waals surface area (Å²) in [7, 11) is 0. The van der Waals surface area contributed by atoms with Gasteiger partial charge in [-0.05, 0) is 68.9 Å². The van der Waals surface area contributed by atoms with E-state index >= 15 is 0 Å². The zero-order valence-electron chi connectivity index (χ0n) is 21.7. The Morgan fingerprint density at radius 1 is 1.09 bits per heavy atom. The molecule has 184 valence electrons. The number of carbonyl (C=O) groups excluding carboxylic acids is 2. The number of nitrogens with one attached hydrogen (secondary N) is 2. The zero-order valence-corrected chi connectivity index (χ0v) is 21.7. The number of amides is 1. The van der Waals surface area contributed by atoms with Crippen LogP contribution in [-0.4, -0.2) is 29.8 Å². The van der Waals surface area contributed by atoms with E-state index in [-0.39, 0.29) is 17.1 Å². The molecule has 0 saturated carbocycles. The first-order valence-corrected chi connectivity index (χ1v) is 12.5. The molecular weight excluding hydrogens is 436 g/mol. The fraction of sp³-hybridized carbons (Fsp3) is 0.414. The lowest BCUT2D eigenvalue weighted by molar-refractivity contribution is -0.118. The van der Waals surface area contributed by atoms with Crippen molar-refractivity contribution in [2.75, 3.05) is 23.3 Å². The van der Waals surface area contributed by atoms with Crippen LogP contribution in [0.3, 0.4) is 0 Å². The van der Waals surface area contributed by atoms with Gasteiger partial charge in [0.05, 0.1) is 0 Å². The molecule has 2 N–H and O–H groups in total. The van der Waals surface area contributed by atoms with Gasteiger partial charge in [0.1, 0.15) is 5.82 Å². The summed E-state index contributed by atoms with van der Waals surface area (Å²) in [5, 5.41) is 6.38. The fourth-order valence-electron chi connectivity index (χ4n) is 5.26. The number of nitrogens with zero attached hydrogens (tertiary/aromatic N) is 2. The van der Waals surface area contributed by atoms with E-state index < -0.39 is 5.92 Å². The van der Waals surface area contributed by atoms with Gasteiger partial charge < -0.3 is 15.5 Å². The highest BCUT2D eigenvalue weighted by Gasteiger charge is 2.42. The Morgan fingerprint density at radius 2 is 1.77 bits per heavy atom. The van der Waals surface area contributed by atoms with Crippen LogP contribution in [0.25, 0.3) is 0 Å². The first-order chi connectivity index (χ1) is 16.6. The highest BCUT2D eigenvalue weighted by Crippen LogP contribution is 2.46. The van der Waals surface area contributed by atoms with Crippen molar-refractivity contribution in [2.24, 2.45) is 5.41 Å². The summed E-state index contributed by atoms with van der Waals surface area (Å²) in [5.41, 5.74) is 5.98. The topological polar surface area (TPSA) is 74.3 Å². The third-order valence-electron chi connectivity index (χ3n) is 6.99. The number of rotatable bonds is 6. The van der Waals surface area contributed by atoms with Gasteiger partial charge >= 0.3 is 0 Å². The lowest BCUT2D eigenvalue weighted by atomic mass is 9.68. The quantitative estimate of drug-likeness (QED) is 0.582. The van der Waals surface area contributed by atoms with E-state index in [0.717, 1.165) is 47.7 Å². The van der Waals surface area contributed by atoms with Crippen LogP contribution in [0.2, 0.25) is 0 Å². The van der Waals surface area contributed by atoms with Gasteiger partial charge in [0.15, 0.2) is 5.78 Å². The lowest BCUT2D eigenvalue weighted by Crippen LogP contribution is -2.39. The Balaban J connectivity index is 1.78. The van der Waals surface area contributed by atoms with Crippen molar-refractivity contribution in [3.05, 3.63) is 76.3 Å². The van der Waals surface area contributed by atoms with Gasteiger partial charge in [-0.1, -0.05) is 32.0 Å². The van der Waals surface area contributed by atoms with Gasteiger partial charge in [-0.15, -0.1) is 0 Å². The normalized spacial score (nSPS) is 19.3. The minimum atomic E-state index is -0.425. The number of hydrogen-bond acceptors (Lipinski definition) is 5. The second kappa shape index (κ2) is 9.68. The molecule has 2 aromatic rings. The van der Waals surface area contributed by atoms with Gasteiger partial charge in [-0.2, -0.15) is 0 Å². The van der Waals surface area contributed by atoms with Crippen LogP contribution >= 0.6 is 0 Å². The minimum Gasteiger partial charge on any atom is -0.372 e. The summed E-state index contributed by atoms with van der Waals surface area (Å²) >= 11 is 0. The molecule has 2 heterocycles. The average Bonchev–Trinajstić information content (AvgIpc) is 2.80. The average molecular weight is 473 g/mol. The summed E-state index contributed by atoms with van der Waals surface area (Å²) in [6, 6.07) is 12.0. The maximum absolute atomic E-state index is 13.6. The van der Waals surface area contributed by atoms with Gasteiger partial charge in [0, 0.05) is 59.9 Å². The molecule has 0 spiro atoms. The number of aryl methyl sites for hydroxylation is 1. The van der Waals surface area contributed by atoms with Crippen LogP contribution in [0.15, 0.2) is 65.1 Å². The summed E-state index contributed by atoms with van der Waals surface area (Å²) < 4.78 is 0. The number of aromatic nitrogens is 1. The van der Waals surface area contributed by atoms with Crippen LogP contribution in [0.4, 0.5) is 11.5 Å². The van der Waals surface area contributed by atoms with Crippen molar-refractivity contribution in [3.63, 3.8) is 0 Å². The van der Waals surface area contributed by atoms with Crippen molar-refractivity contribution >= 4 is 23.2 Å². The lowest BCUT2D eigenvalue weighted by Gasteiger charge is -2.39. The second-order valence-corrected chi connectivity index (χ2v) is 10.4. The van der Waals surface area contributed by atoms with E-state index in [9.17, 15) is 9.59 Å². The zero-order chi connectivity index (χ0) is 25.3. The van der Waals surface area contributed by atoms with E-state index in [1.165, 1.54) is 0 Å². The Morgan fingerprint density at radius 3 is 2.37 bits per heavy atom. The molecule has 1 amide bonds. The van der Waals surface area contributed by atoms with Crippen LogP contribution in [0.5, 0.6) is 0 Å². The predicted molar refractivity (Wildman–Crippen MR) is 141 cm³/mol. The third kappa shape index (κ3) is 5.02. The summed E-state index contributed by atoms with van der Waals surface area (Å²) in [6.07, 6.45) is 2.97. The summed E-state index contributed by atoms with van der Waals surface area (Å²) in [6.45, 7) is 14.2. The van der Waals surface area contributed by atoms with Gasteiger partial charge in [0.2, 0.25) is 0 Å². The molecule has 0 unspecified atom stereocenters. The van der Waals surface area contributed by atoms with E-state index in [4.69, 9.17) is 0 Å². The first-order valence-electron chi connectivity index (χ1n) is 12.5. The molecule has 2 aliphatic rings. The largest absolute Gasteiger partial charge is 0.372 e. The molecule has 35 heavy (non-hydrogen) atoms. The third-order valence-corrected chi connectivity index (χ3v) is 6.99. The Kier molecular flexibility index (Phi) is 6.84. The predicted octanol–water partition coefficient (Wildman–Crippen LogP) is 5.48. The molecule has 4 rings (SSSR count). The highest BCUT2D eigenvalue weighted by molar-refractivity contribution is 6.09. The Labute approximate surface area is 208 Å². The van der Waals surface area contributed by atoms with E-state index in [2.05, 4.69) is 72.5 Å². The highest BCUT2D eigenvalue weighted by atomic mass is 16.2. The van der Waals surface area contributed by atoms with Gasteiger partial charge in [-0.25, -0.2) is 4.98 Å². The van der Waals surface area contributed by atoms with Gasteiger partial charge in [-0.3, -0.25) is 9.59 Å². The smallest absolute Gasteiger partial charge is 0.255 e. The molecule has 0 saturated heterocycles. The van der Waals surface area contributed by atoms with E-state index in [0.29, 0.717) is 23.4 Å². The van der Waals surface area contributed by atoms with Crippen molar-refractivity contribution in [1.29, 1.82) is 0 Å². The summed E-state index contributed by atoms with van der Waals surface area (Å²) in [4.78, 5) is 33.7. The standard InChI is InChI=1S/C29H36N4O2/c1-7-33(8-2)21-12-10-20(11-13-21)26-25(28(35)32-24-14-9-18(3)17-30-24)19(4)31-22-15-29(5,6)16-23(34)27(22)26/h9-14,17,26,31H,7-8,15-16H2,1-6H3,(H,30,32,35)/t26-/m0/s1. The molecule has 0 radical (unpaired) electrons. The number of ketones is 1. The van der Waals surface area contributed by atoms with E-state index in [1.54, 1.807) is 12.3 Å².